The third-order valence-electron chi connectivity index (χ3n) is 4.68. The molecule has 0 spiro atoms. The number of hydrogen-bond acceptors (Lipinski definition) is 8. The molecule has 3 aromatic rings. The van der Waals surface area contributed by atoms with Crippen molar-refractivity contribution in [1.82, 2.24) is 5.43 Å². The van der Waals surface area contributed by atoms with Crippen molar-refractivity contribution < 1.29 is 28.7 Å². The van der Waals surface area contributed by atoms with Gasteiger partial charge >= 0.3 is 5.97 Å². The number of amides is 1. The van der Waals surface area contributed by atoms with E-state index in [0.29, 0.717) is 33.7 Å². The molecule has 0 bridgehead atoms. The number of hydrazone groups is 1. The van der Waals surface area contributed by atoms with Gasteiger partial charge in [-0.3, -0.25) is 14.9 Å². The predicted molar refractivity (Wildman–Crippen MR) is 136 cm³/mol. The number of carbonyl (C=O) groups is 2. The normalized spacial score (nSPS) is 11.5. The van der Waals surface area contributed by atoms with Crippen LogP contribution in [0, 0.1) is 10.1 Å². The van der Waals surface area contributed by atoms with Gasteiger partial charge in [-0.2, -0.15) is 5.10 Å². The van der Waals surface area contributed by atoms with Crippen LogP contribution < -0.4 is 19.6 Å². The second-order valence-corrected chi connectivity index (χ2v) is 8.19. The highest BCUT2D eigenvalue weighted by Gasteiger charge is 2.16. The maximum atomic E-state index is 12.6. The highest BCUT2D eigenvalue weighted by molar-refractivity contribution is 9.10. The Morgan fingerprint density at radius 1 is 1.08 bits per heavy atom. The van der Waals surface area contributed by atoms with Crippen LogP contribution in [0.25, 0.3) is 0 Å². The highest BCUT2D eigenvalue weighted by Crippen LogP contribution is 2.23. The number of nitrogens with one attached hydrogen (secondary N) is 1. The number of rotatable bonds is 10. The number of esters is 1. The first-order valence-corrected chi connectivity index (χ1v) is 11.5. The minimum Gasteiger partial charge on any atom is -0.494 e. The van der Waals surface area contributed by atoms with Crippen LogP contribution in [0.2, 0.25) is 0 Å². The number of nitrogens with zero attached hydrogens (tertiary/aromatic N) is 2. The molecular formula is C25H22BrN3O7. The maximum absolute atomic E-state index is 12.6. The van der Waals surface area contributed by atoms with Crippen molar-refractivity contribution in [3.05, 3.63) is 92.4 Å². The van der Waals surface area contributed by atoms with E-state index in [1.165, 1.54) is 37.4 Å². The third kappa shape index (κ3) is 7.37. The Bertz CT molecular complexity index is 1260. The zero-order valence-electron chi connectivity index (χ0n) is 19.3. The fourth-order valence-electron chi connectivity index (χ4n) is 2.89. The van der Waals surface area contributed by atoms with E-state index in [0.717, 1.165) is 0 Å². The maximum Gasteiger partial charge on any atom is 0.343 e. The molecule has 0 fully saturated rings. The van der Waals surface area contributed by atoms with E-state index in [-0.39, 0.29) is 11.4 Å². The summed E-state index contributed by atoms with van der Waals surface area (Å²) in [7, 11) is 0. The summed E-state index contributed by atoms with van der Waals surface area (Å²) in [5.41, 5.74) is 3.05. The third-order valence-corrected chi connectivity index (χ3v) is 5.18. The summed E-state index contributed by atoms with van der Waals surface area (Å²) in [5.74, 6) is 0.0673. The van der Waals surface area contributed by atoms with Gasteiger partial charge in [0.05, 0.1) is 23.3 Å². The van der Waals surface area contributed by atoms with Gasteiger partial charge in [0.1, 0.15) is 17.2 Å². The fraction of sp³-hybridized carbons (Fsp3) is 0.160. The molecule has 0 heterocycles. The Kier molecular flexibility index (Phi) is 9.12. The number of non-ortho nitro benzene ring substituents is 1. The lowest BCUT2D eigenvalue weighted by Crippen LogP contribution is -2.33. The van der Waals surface area contributed by atoms with E-state index in [9.17, 15) is 19.7 Å². The predicted octanol–water partition coefficient (Wildman–Crippen LogP) is 4.89. The summed E-state index contributed by atoms with van der Waals surface area (Å²) in [6, 6.07) is 16.9. The molecule has 0 aromatic heterocycles. The Labute approximate surface area is 215 Å². The molecule has 1 atom stereocenters. The lowest BCUT2D eigenvalue weighted by molar-refractivity contribution is -0.384. The average Bonchev–Trinajstić information content (AvgIpc) is 2.86. The number of nitro benzene ring substituents is 1. The average molecular weight is 556 g/mol. The first-order valence-electron chi connectivity index (χ1n) is 10.8. The van der Waals surface area contributed by atoms with Gasteiger partial charge in [-0.1, -0.05) is 15.9 Å². The molecule has 36 heavy (non-hydrogen) atoms. The number of halogens is 1. The number of carbonyl (C=O) groups excluding carboxylic acids is 2. The molecule has 1 N–H and O–H groups in total. The summed E-state index contributed by atoms with van der Waals surface area (Å²) in [6.07, 6.45) is 0.408. The standard InChI is InChI=1S/C25H22BrN3O7/c1-3-34-21-9-4-17(5-10-21)25(31)36-23-13-6-19(26)14-18(23)15-27-28-24(30)16(2)35-22-11-7-20(8-12-22)29(32)33/h4-16H,3H2,1-2H3,(H,28,30)/b27-15-/t16-/m0/s1. The highest BCUT2D eigenvalue weighted by atomic mass is 79.9. The number of ether oxygens (including phenoxy) is 3. The Balaban J connectivity index is 1.62. The first kappa shape index (κ1) is 26.4. The van der Waals surface area contributed by atoms with Crippen LogP contribution >= 0.6 is 15.9 Å². The van der Waals surface area contributed by atoms with Crippen molar-refractivity contribution in [2.75, 3.05) is 6.61 Å². The Hall–Kier alpha value is -4.25. The molecule has 0 radical (unpaired) electrons. The molecule has 10 nitrogen and oxygen atoms in total. The van der Waals surface area contributed by atoms with Gasteiger partial charge in [0, 0.05) is 22.2 Å². The minimum absolute atomic E-state index is 0.0860. The molecule has 0 saturated carbocycles. The Morgan fingerprint density at radius 3 is 2.39 bits per heavy atom. The second-order valence-electron chi connectivity index (χ2n) is 7.27. The van der Waals surface area contributed by atoms with Crippen LogP contribution in [0.15, 0.2) is 76.3 Å². The number of benzene rings is 3. The van der Waals surface area contributed by atoms with Crippen molar-refractivity contribution >= 4 is 39.7 Å². The van der Waals surface area contributed by atoms with Crippen LogP contribution in [0.3, 0.4) is 0 Å². The van der Waals surface area contributed by atoms with Gasteiger partial charge in [-0.05, 0) is 68.4 Å². The molecule has 3 aromatic carbocycles. The lowest BCUT2D eigenvalue weighted by atomic mass is 10.2. The summed E-state index contributed by atoms with van der Waals surface area (Å²) < 4.78 is 17.1. The van der Waals surface area contributed by atoms with E-state index < -0.39 is 22.9 Å². The second kappa shape index (κ2) is 12.5. The van der Waals surface area contributed by atoms with Gasteiger partial charge in [-0.25, -0.2) is 10.2 Å². The molecule has 11 heteroatoms. The first-order chi connectivity index (χ1) is 17.3. The van der Waals surface area contributed by atoms with Crippen LogP contribution in [0.4, 0.5) is 5.69 Å². The van der Waals surface area contributed by atoms with E-state index in [2.05, 4.69) is 26.5 Å². The molecule has 0 unspecified atom stereocenters. The van der Waals surface area contributed by atoms with Crippen LogP contribution in [0.5, 0.6) is 17.2 Å². The van der Waals surface area contributed by atoms with Crippen LogP contribution in [0.1, 0.15) is 29.8 Å². The summed E-state index contributed by atoms with van der Waals surface area (Å²) in [5, 5.41) is 14.7. The van der Waals surface area contributed by atoms with Gasteiger partial charge < -0.3 is 14.2 Å². The van der Waals surface area contributed by atoms with Crippen molar-refractivity contribution in [3.8, 4) is 17.2 Å². The SMILES string of the molecule is CCOc1ccc(C(=O)Oc2ccc(Br)cc2/C=N\NC(=O)[C@H](C)Oc2ccc([N+](=O)[O-])cc2)cc1. The van der Waals surface area contributed by atoms with Gasteiger partial charge in [0.15, 0.2) is 6.10 Å². The van der Waals surface area contributed by atoms with Crippen LogP contribution in [-0.4, -0.2) is 35.7 Å². The van der Waals surface area contributed by atoms with Crippen molar-refractivity contribution in [2.45, 2.75) is 20.0 Å². The van der Waals surface area contributed by atoms with Gasteiger partial charge in [0.25, 0.3) is 11.6 Å². The van der Waals surface area contributed by atoms with Gasteiger partial charge in [-0.15, -0.1) is 0 Å². The van der Waals surface area contributed by atoms with E-state index >= 15 is 0 Å². The molecule has 1 amide bonds. The number of nitro groups is 1. The molecule has 0 aliphatic heterocycles. The van der Waals surface area contributed by atoms with Crippen molar-refractivity contribution in [1.29, 1.82) is 0 Å². The van der Waals surface area contributed by atoms with E-state index in [1.807, 2.05) is 6.92 Å². The number of hydrogen-bond donors (Lipinski definition) is 1. The van der Waals surface area contributed by atoms with Crippen molar-refractivity contribution in [3.63, 3.8) is 0 Å². The molecule has 186 valence electrons. The zero-order chi connectivity index (χ0) is 26.1. The minimum atomic E-state index is -0.928. The van der Waals surface area contributed by atoms with E-state index in [1.54, 1.807) is 42.5 Å². The molecule has 0 saturated heterocycles. The summed E-state index contributed by atoms with van der Waals surface area (Å²) in [4.78, 5) is 35.1. The molecule has 0 aliphatic rings. The zero-order valence-corrected chi connectivity index (χ0v) is 20.9. The largest absolute Gasteiger partial charge is 0.494 e. The van der Waals surface area contributed by atoms with Crippen LogP contribution in [-0.2, 0) is 4.79 Å². The molecular weight excluding hydrogens is 534 g/mol. The quantitative estimate of drug-likeness (QED) is 0.124. The fourth-order valence-corrected chi connectivity index (χ4v) is 3.27. The molecule has 0 aliphatic carbocycles. The lowest BCUT2D eigenvalue weighted by Gasteiger charge is -2.12. The van der Waals surface area contributed by atoms with Gasteiger partial charge in [0.2, 0.25) is 0 Å². The van der Waals surface area contributed by atoms with E-state index in [4.69, 9.17) is 14.2 Å². The Morgan fingerprint density at radius 2 is 1.75 bits per heavy atom. The smallest absolute Gasteiger partial charge is 0.343 e. The molecule has 3 rings (SSSR count). The summed E-state index contributed by atoms with van der Waals surface area (Å²) >= 11 is 3.36. The van der Waals surface area contributed by atoms with Crippen molar-refractivity contribution in [2.24, 2.45) is 5.10 Å². The topological polar surface area (TPSA) is 129 Å². The monoisotopic (exact) mass is 555 g/mol. The summed E-state index contributed by atoms with van der Waals surface area (Å²) in [6.45, 7) is 3.90.